The summed E-state index contributed by atoms with van der Waals surface area (Å²) < 4.78 is 5.18. The molecule has 1 aliphatic rings. The first-order valence-electron chi connectivity index (χ1n) is 6.90. The molecule has 1 aliphatic heterocycles. The summed E-state index contributed by atoms with van der Waals surface area (Å²) in [6.45, 7) is 7.94. The molecule has 1 aromatic carbocycles. The van der Waals surface area contributed by atoms with Gasteiger partial charge in [-0.25, -0.2) is 0 Å². The van der Waals surface area contributed by atoms with E-state index >= 15 is 0 Å². The van der Waals surface area contributed by atoms with Crippen molar-refractivity contribution in [2.24, 2.45) is 0 Å². The van der Waals surface area contributed by atoms with E-state index in [9.17, 15) is 4.79 Å². The molecule has 1 fully saturated rings. The van der Waals surface area contributed by atoms with Crippen LogP contribution in [0.2, 0.25) is 0 Å². The molecule has 0 unspecified atom stereocenters. The summed E-state index contributed by atoms with van der Waals surface area (Å²) in [6.07, 6.45) is 0. The molecule has 1 N–H and O–H groups in total. The molecule has 1 atom stereocenters. The second kappa shape index (κ2) is 6.68. The molecule has 0 saturated carbocycles. The number of ether oxygens (including phenoxy) is 1. The molecular weight excluding hydrogens is 252 g/mol. The normalized spacial score (nSPS) is 16.6. The lowest BCUT2D eigenvalue weighted by molar-refractivity contribution is -0.119. The number of rotatable bonds is 6. The lowest BCUT2D eigenvalue weighted by atomic mass is 10.1. The maximum atomic E-state index is 12.1. The fourth-order valence-corrected chi connectivity index (χ4v) is 2.10. The highest BCUT2D eigenvalue weighted by Gasteiger charge is 2.29. The van der Waals surface area contributed by atoms with E-state index in [1.54, 1.807) is 0 Å². The molecule has 0 spiro atoms. The minimum absolute atomic E-state index is 0.0136. The van der Waals surface area contributed by atoms with Crippen molar-refractivity contribution in [1.82, 2.24) is 10.2 Å². The zero-order valence-corrected chi connectivity index (χ0v) is 12.1. The van der Waals surface area contributed by atoms with Crippen molar-refractivity contribution in [2.45, 2.75) is 25.6 Å². The van der Waals surface area contributed by atoms with Gasteiger partial charge in [0.1, 0.15) is 0 Å². The lowest BCUT2D eigenvalue weighted by Crippen LogP contribution is -2.52. The van der Waals surface area contributed by atoms with E-state index in [1.165, 1.54) is 0 Å². The summed E-state index contributed by atoms with van der Waals surface area (Å²) in [6, 6.07) is 10.3. The van der Waals surface area contributed by atoms with Gasteiger partial charge in [-0.05, 0) is 19.5 Å². The highest BCUT2D eigenvalue weighted by atomic mass is 16.5. The van der Waals surface area contributed by atoms with Gasteiger partial charge in [0, 0.05) is 18.2 Å². The fraction of sp³-hybridized carbons (Fsp3) is 0.438. The van der Waals surface area contributed by atoms with Crippen LogP contribution in [-0.2, 0) is 16.1 Å². The van der Waals surface area contributed by atoms with Crippen LogP contribution in [0, 0.1) is 0 Å². The number of amides is 1. The average molecular weight is 274 g/mol. The number of nitrogens with one attached hydrogen (secondary N) is 1. The molecule has 20 heavy (non-hydrogen) atoms. The zero-order valence-electron chi connectivity index (χ0n) is 12.1. The Bertz CT molecular complexity index is 469. The summed E-state index contributed by atoms with van der Waals surface area (Å²) in [5, 5.41) is 2.91. The van der Waals surface area contributed by atoms with Crippen molar-refractivity contribution < 1.29 is 9.53 Å². The molecular formula is C16H22N2O2. The van der Waals surface area contributed by atoms with Gasteiger partial charge in [-0.1, -0.05) is 36.9 Å². The Hall–Kier alpha value is -1.65. The summed E-state index contributed by atoms with van der Waals surface area (Å²) in [5.41, 5.74) is 1.68. The Balaban J connectivity index is 1.83. The van der Waals surface area contributed by atoms with E-state index in [0.717, 1.165) is 18.8 Å². The largest absolute Gasteiger partial charge is 0.378 e. The van der Waals surface area contributed by atoms with Gasteiger partial charge in [-0.15, -0.1) is 0 Å². The molecule has 0 aromatic heterocycles. The molecule has 108 valence electrons. The van der Waals surface area contributed by atoms with Gasteiger partial charge in [0.25, 0.3) is 0 Å². The van der Waals surface area contributed by atoms with Crippen LogP contribution < -0.4 is 5.32 Å². The lowest BCUT2D eigenvalue weighted by Gasteiger charge is -2.38. The average Bonchev–Trinajstić information content (AvgIpc) is 2.42. The highest BCUT2D eigenvalue weighted by molar-refractivity contribution is 5.93. The Morgan fingerprint density at radius 3 is 2.65 bits per heavy atom. The first-order chi connectivity index (χ1) is 9.59. The van der Waals surface area contributed by atoms with Crippen LogP contribution in [0.5, 0.6) is 0 Å². The number of likely N-dealkylation sites (N-methyl/N-ethyl adjacent to an activating group) is 1. The summed E-state index contributed by atoms with van der Waals surface area (Å²) >= 11 is 0. The summed E-state index contributed by atoms with van der Waals surface area (Å²) in [5.74, 6) is -0.0894. The van der Waals surface area contributed by atoms with Crippen molar-refractivity contribution in [3.63, 3.8) is 0 Å². The van der Waals surface area contributed by atoms with Gasteiger partial charge in [0.05, 0.1) is 19.3 Å². The Kier molecular flexibility index (Phi) is 4.93. The SMILES string of the molecule is C=C(C(=O)NCc1ccccc1)[C@@H](C)N(C)C1COC1. The van der Waals surface area contributed by atoms with E-state index in [2.05, 4.69) is 16.8 Å². The van der Waals surface area contributed by atoms with E-state index in [-0.39, 0.29) is 11.9 Å². The van der Waals surface area contributed by atoms with Crippen LogP contribution in [0.15, 0.2) is 42.5 Å². The molecule has 1 saturated heterocycles. The monoisotopic (exact) mass is 274 g/mol. The zero-order chi connectivity index (χ0) is 14.5. The minimum atomic E-state index is -0.0894. The minimum Gasteiger partial charge on any atom is -0.378 e. The van der Waals surface area contributed by atoms with E-state index in [4.69, 9.17) is 4.74 Å². The molecule has 1 heterocycles. The van der Waals surface area contributed by atoms with Crippen molar-refractivity contribution in [1.29, 1.82) is 0 Å². The quantitative estimate of drug-likeness (QED) is 0.801. The third-order valence-electron chi connectivity index (χ3n) is 3.90. The Morgan fingerprint density at radius 1 is 1.45 bits per heavy atom. The first-order valence-corrected chi connectivity index (χ1v) is 6.90. The Morgan fingerprint density at radius 2 is 2.10 bits per heavy atom. The molecule has 0 aliphatic carbocycles. The van der Waals surface area contributed by atoms with E-state index in [1.807, 2.05) is 44.3 Å². The molecule has 0 bridgehead atoms. The van der Waals surface area contributed by atoms with Gasteiger partial charge in [-0.3, -0.25) is 9.69 Å². The van der Waals surface area contributed by atoms with Gasteiger partial charge in [0.2, 0.25) is 5.91 Å². The third kappa shape index (κ3) is 3.46. The maximum Gasteiger partial charge on any atom is 0.248 e. The summed E-state index contributed by atoms with van der Waals surface area (Å²) in [7, 11) is 2.01. The van der Waals surface area contributed by atoms with Crippen molar-refractivity contribution in [3.8, 4) is 0 Å². The summed E-state index contributed by atoms with van der Waals surface area (Å²) in [4.78, 5) is 14.3. The number of carbonyl (C=O) groups is 1. The molecule has 4 nitrogen and oxygen atoms in total. The maximum absolute atomic E-state index is 12.1. The number of carbonyl (C=O) groups excluding carboxylic acids is 1. The molecule has 2 rings (SSSR count). The van der Waals surface area contributed by atoms with Gasteiger partial charge in [0.15, 0.2) is 0 Å². The van der Waals surface area contributed by atoms with Gasteiger partial charge >= 0.3 is 0 Å². The topological polar surface area (TPSA) is 41.6 Å². The van der Waals surface area contributed by atoms with Crippen LogP contribution in [0.25, 0.3) is 0 Å². The van der Waals surface area contributed by atoms with Crippen LogP contribution in [0.3, 0.4) is 0 Å². The van der Waals surface area contributed by atoms with Crippen molar-refractivity contribution in [3.05, 3.63) is 48.0 Å². The van der Waals surface area contributed by atoms with Crippen molar-refractivity contribution in [2.75, 3.05) is 20.3 Å². The smallest absolute Gasteiger partial charge is 0.248 e. The van der Waals surface area contributed by atoms with E-state index in [0.29, 0.717) is 18.2 Å². The number of nitrogens with zero attached hydrogens (tertiary/aromatic N) is 1. The van der Waals surface area contributed by atoms with Crippen LogP contribution >= 0.6 is 0 Å². The van der Waals surface area contributed by atoms with Crippen LogP contribution in [-0.4, -0.2) is 43.2 Å². The van der Waals surface area contributed by atoms with E-state index < -0.39 is 0 Å². The second-order valence-electron chi connectivity index (χ2n) is 5.23. The standard InChI is InChI=1S/C16H22N2O2/c1-12(13(2)18(3)15-10-20-11-15)16(19)17-9-14-7-5-4-6-8-14/h4-8,13,15H,1,9-11H2,2-3H3,(H,17,19)/t13-/m1/s1. The molecule has 4 heteroatoms. The predicted octanol–water partition coefficient (Wildman–Crippen LogP) is 1.58. The number of hydrogen-bond acceptors (Lipinski definition) is 3. The van der Waals surface area contributed by atoms with Crippen molar-refractivity contribution >= 4 is 5.91 Å². The molecule has 0 radical (unpaired) electrons. The van der Waals surface area contributed by atoms with Gasteiger partial charge in [-0.2, -0.15) is 0 Å². The number of hydrogen-bond donors (Lipinski definition) is 1. The Labute approximate surface area is 120 Å². The molecule has 1 amide bonds. The predicted molar refractivity (Wildman–Crippen MR) is 79.3 cm³/mol. The first kappa shape index (κ1) is 14.8. The van der Waals surface area contributed by atoms with Crippen LogP contribution in [0.4, 0.5) is 0 Å². The second-order valence-corrected chi connectivity index (χ2v) is 5.23. The van der Waals surface area contributed by atoms with Crippen LogP contribution in [0.1, 0.15) is 12.5 Å². The highest BCUT2D eigenvalue weighted by Crippen LogP contribution is 2.16. The fourth-order valence-electron chi connectivity index (χ4n) is 2.10. The van der Waals surface area contributed by atoms with Gasteiger partial charge < -0.3 is 10.1 Å². The third-order valence-corrected chi connectivity index (χ3v) is 3.90. The molecule has 1 aromatic rings. The number of benzene rings is 1.